The Kier molecular flexibility index (Phi) is 5.11. The fourth-order valence-electron chi connectivity index (χ4n) is 1.73. The molecule has 0 bridgehead atoms. The monoisotopic (exact) mass is 357 g/mol. The summed E-state index contributed by atoms with van der Waals surface area (Å²) in [6.45, 7) is 1.87. The number of ether oxygens (including phenoxy) is 1. The molecule has 2 rings (SSSR count). The van der Waals surface area contributed by atoms with Gasteiger partial charge in [0, 0.05) is 5.02 Å². The lowest BCUT2D eigenvalue weighted by atomic mass is 10.2. The van der Waals surface area contributed by atoms with Crippen molar-refractivity contribution in [2.45, 2.75) is 11.8 Å². The van der Waals surface area contributed by atoms with Crippen molar-refractivity contribution in [1.82, 2.24) is 0 Å². The van der Waals surface area contributed by atoms with E-state index in [1.54, 1.807) is 24.3 Å². The molecule has 0 atom stereocenters. The highest BCUT2D eigenvalue weighted by Crippen LogP contribution is 2.23. The molecule has 0 amide bonds. The van der Waals surface area contributed by atoms with E-state index in [-0.39, 0.29) is 15.8 Å². The van der Waals surface area contributed by atoms with E-state index in [4.69, 9.17) is 27.9 Å². The standard InChI is InChI=1S/C15H13Cl2NO3S/c1-10-3-6-12(7-4-10)22(19,20)18-15(21-2)13-8-5-11(16)9-14(13)17/h3-9H,1-2H3/b18-15-. The van der Waals surface area contributed by atoms with Gasteiger partial charge in [0.05, 0.1) is 22.6 Å². The molecule has 2 aromatic carbocycles. The average Bonchev–Trinajstić information content (AvgIpc) is 2.46. The van der Waals surface area contributed by atoms with Crippen LogP contribution in [-0.2, 0) is 14.8 Å². The summed E-state index contributed by atoms with van der Waals surface area (Å²) in [7, 11) is -2.56. The number of rotatable bonds is 3. The third kappa shape index (κ3) is 3.80. The number of hydrogen-bond donors (Lipinski definition) is 0. The predicted octanol–water partition coefficient (Wildman–Crippen LogP) is 4.08. The average molecular weight is 358 g/mol. The maximum absolute atomic E-state index is 12.3. The van der Waals surface area contributed by atoms with Gasteiger partial charge in [0.15, 0.2) is 0 Å². The first-order valence-corrected chi connectivity index (χ1v) is 8.44. The van der Waals surface area contributed by atoms with Gasteiger partial charge in [-0.25, -0.2) is 0 Å². The number of nitrogens with zero attached hydrogens (tertiary/aromatic N) is 1. The van der Waals surface area contributed by atoms with Crippen LogP contribution in [0.25, 0.3) is 0 Å². The Balaban J connectivity index is 2.49. The summed E-state index contributed by atoms with van der Waals surface area (Å²) in [6.07, 6.45) is 0. The summed E-state index contributed by atoms with van der Waals surface area (Å²) in [4.78, 5) is 0.0812. The summed E-state index contributed by atoms with van der Waals surface area (Å²) in [5, 5.41) is 0.692. The Bertz CT molecular complexity index is 815. The van der Waals surface area contributed by atoms with Crippen LogP contribution in [0.1, 0.15) is 11.1 Å². The van der Waals surface area contributed by atoms with E-state index >= 15 is 0 Å². The maximum atomic E-state index is 12.3. The second kappa shape index (κ2) is 6.69. The van der Waals surface area contributed by atoms with Crippen molar-refractivity contribution in [3.05, 3.63) is 63.6 Å². The van der Waals surface area contributed by atoms with Crippen LogP contribution in [-0.4, -0.2) is 21.4 Å². The van der Waals surface area contributed by atoms with Crippen molar-refractivity contribution in [3.63, 3.8) is 0 Å². The van der Waals surface area contributed by atoms with E-state index in [1.807, 2.05) is 6.92 Å². The summed E-state index contributed by atoms with van der Waals surface area (Å²) in [5.41, 5.74) is 1.31. The lowest BCUT2D eigenvalue weighted by molar-refractivity contribution is 0.405. The minimum Gasteiger partial charge on any atom is -0.480 e. The lowest BCUT2D eigenvalue weighted by Gasteiger charge is -2.08. The zero-order valence-corrected chi connectivity index (χ0v) is 14.2. The van der Waals surface area contributed by atoms with Crippen LogP contribution >= 0.6 is 23.2 Å². The smallest absolute Gasteiger partial charge is 0.285 e. The quantitative estimate of drug-likeness (QED) is 0.614. The molecule has 4 nitrogen and oxygen atoms in total. The number of aryl methyl sites for hydroxylation is 1. The molecular weight excluding hydrogens is 345 g/mol. The van der Waals surface area contributed by atoms with Crippen LogP contribution in [0.4, 0.5) is 0 Å². The van der Waals surface area contributed by atoms with Crippen LogP contribution in [0.2, 0.25) is 10.0 Å². The van der Waals surface area contributed by atoms with Crippen molar-refractivity contribution in [2.75, 3.05) is 7.11 Å². The topological polar surface area (TPSA) is 55.7 Å². The van der Waals surface area contributed by atoms with E-state index in [2.05, 4.69) is 4.40 Å². The predicted molar refractivity (Wildman–Crippen MR) is 88.4 cm³/mol. The van der Waals surface area contributed by atoms with Gasteiger partial charge in [-0.1, -0.05) is 40.9 Å². The molecule has 2 aromatic rings. The van der Waals surface area contributed by atoms with Gasteiger partial charge in [-0.2, -0.15) is 8.42 Å². The summed E-state index contributed by atoms with van der Waals surface area (Å²) in [6, 6.07) is 11.0. The Morgan fingerprint density at radius 2 is 1.73 bits per heavy atom. The van der Waals surface area contributed by atoms with Gasteiger partial charge in [-0.3, -0.25) is 0 Å². The number of hydrogen-bond acceptors (Lipinski definition) is 3. The Hall–Kier alpha value is -1.56. The van der Waals surface area contributed by atoms with Crippen LogP contribution in [0.5, 0.6) is 0 Å². The van der Waals surface area contributed by atoms with Crippen LogP contribution in [0, 0.1) is 6.92 Å². The molecule has 0 spiro atoms. The Labute approximate surface area is 139 Å². The first-order chi connectivity index (χ1) is 10.3. The van der Waals surface area contributed by atoms with Crippen molar-refractivity contribution in [2.24, 2.45) is 4.40 Å². The molecule has 116 valence electrons. The van der Waals surface area contributed by atoms with Gasteiger partial charge < -0.3 is 4.74 Å². The van der Waals surface area contributed by atoms with Crippen molar-refractivity contribution < 1.29 is 13.2 Å². The molecular formula is C15H13Cl2NO3S. The van der Waals surface area contributed by atoms with Gasteiger partial charge in [0.25, 0.3) is 10.0 Å². The fraction of sp³-hybridized carbons (Fsp3) is 0.133. The van der Waals surface area contributed by atoms with Crippen LogP contribution < -0.4 is 0 Å². The number of halogens is 2. The van der Waals surface area contributed by atoms with Crippen LogP contribution in [0.3, 0.4) is 0 Å². The van der Waals surface area contributed by atoms with E-state index in [1.165, 1.54) is 25.3 Å². The molecule has 0 aliphatic carbocycles. The molecule has 0 unspecified atom stereocenters. The molecule has 0 aliphatic rings. The van der Waals surface area contributed by atoms with Crippen LogP contribution in [0.15, 0.2) is 51.8 Å². The van der Waals surface area contributed by atoms with E-state index in [0.29, 0.717) is 10.6 Å². The first-order valence-electron chi connectivity index (χ1n) is 6.24. The minimum absolute atomic E-state index is 0.0812. The van der Waals surface area contributed by atoms with Crippen molar-refractivity contribution >= 4 is 39.1 Å². The van der Waals surface area contributed by atoms with Gasteiger partial charge in [0.1, 0.15) is 0 Å². The number of benzene rings is 2. The first kappa shape index (κ1) is 16.8. The van der Waals surface area contributed by atoms with E-state index < -0.39 is 10.0 Å². The normalized spacial score (nSPS) is 12.3. The summed E-state index contributed by atoms with van der Waals surface area (Å²) < 4.78 is 33.5. The number of sulfonamides is 1. The lowest BCUT2D eigenvalue weighted by Crippen LogP contribution is -2.09. The van der Waals surface area contributed by atoms with Gasteiger partial charge >= 0.3 is 0 Å². The Morgan fingerprint density at radius 3 is 2.27 bits per heavy atom. The Morgan fingerprint density at radius 1 is 1.09 bits per heavy atom. The highest BCUT2D eigenvalue weighted by Gasteiger charge is 2.17. The zero-order chi connectivity index (χ0) is 16.3. The molecule has 0 radical (unpaired) electrons. The van der Waals surface area contributed by atoms with Crippen molar-refractivity contribution in [3.8, 4) is 0 Å². The highest BCUT2D eigenvalue weighted by atomic mass is 35.5. The minimum atomic E-state index is -3.89. The maximum Gasteiger partial charge on any atom is 0.285 e. The zero-order valence-electron chi connectivity index (χ0n) is 11.9. The molecule has 0 aliphatic heterocycles. The van der Waals surface area contributed by atoms with E-state index in [0.717, 1.165) is 5.56 Å². The van der Waals surface area contributed by atoms with Gasteiger partial charge in [0.2, 0.25) is 5.90 Å². The molecule has 0 saturated carbocycles. The molecule has 0 heterocycles. The van der Waals surface area contributed by atoms with Gasteiger partial charge in [-0.05, 0) is 37.3 Å². The third-order valence-corrected chi connectivity index (χ3v) is 4.70. The van der Waals surface area contributed by atoms with Gasteiger partial charge in [-0.15, -0.1) is 4.40 Å². The number of methoxy groups -OCH3 is 1. The summed E-state index contributed by atoms with van der Waals surface area (Å²) >= 11 is 11.9. The second-order valence-corrected chi connectivity index (χ2v) is 6.96. The molecule has 7 heteroatoms. The molecule has 0 aromatic heterocycles. The molecule has 0 N–H and O–H groups in total. The molecule has 0 fully saturated rings. The highest BCUT2D eigenvalue weighted by molar-refractivity contribution is 7.90. The summed E-state index contributed by atoms with van der Waals surface area (Å²) in [5.74, 6) is -0.0951. The SMILES string of the molecule is CO/C(=N\S(=O)(=O)c1ccc(C)cc1)c1ccc(Cl)cc1Cl. The second-order valence-electron chi connectivity index (χ2n) is 4.51. The molecule has 22 heavy (non-hydrogen) atoms. The van der Waals surface area contributed by atoms with E-state index in [9.17, 15) is 8.42 Å². The van der Waals surface area contributed by atoms with Crippen molar-refractivity contribution in [1.29, 1.82) is 0 Å². The third-order valence-electron chi connectivity index (χ3n) is 2.88. The fourth-order valence-corrected chi connectivity index (χ4v) is 3.20. The molecule has 0 saturated heterocycles. The largest absolute Gasteiger partial charge is 0.480 e.